The number of rotatable bonds is 8. The lowest BCUT2D eigenvalue weighted by molar-refractivity contribution is -0.122. The minimum atomic E-state index is -3.70. The Balaban J connectivity index is 1.64. The third kappa shape index (κ3) is 6.45. The second-order valence-corrected chi connectivity index (χ2v) is 10.4. The van der Waals surface area contributed by atoms with Crippen molar-refractivity contribution in [1.29, 1.82) is 0 Å². The third-order valence-corrected chi connectivity index (χ3v) is 6.96. The van der Waals surface area contributed by atoms with Gasteiger partial charge in [-0.25, -0.2) is 8.42 Å². The lowest BCUT2D eigenvalue weighted by Crippen LogP contribution is -2.48. The second-order valence-electron chi connectivity index (χ2n) is 8.09. The number of sulfonamides is 1. The fourth-order valence-electron chi connectivity index (χ4n) is 3.72. The Hall–Kier alpha value is -2.13. The number of amides is 1. The number of aryl methyl sites for hydroxylation is 1. The molecule has 1 N–H and O–H groups in total. The Morgan fingerprint density at radius 3 is 2.41 bits per heavy atom. The molecule has 0 aromatic heterocycles. The molecule has 1 unspecified atom stereocenters. The van der Waals surface area contributed by atoms with Gasteiger partial charge >= 0.3 is 0 Å². The van der Waals surface area contributed by atoms with Gasteiger partial charge < -0.3 is 10.1 Å². The third-order valence-electron chi connectivity index (χ3n) is 5.50. The summed E-state index contributed by atoms with van der Waals surface area (Å²) in [5, 5.41) is 3.26. The lowest BCUT2D eigenvalue weighted by Gasteiger charge is -2.29. The average Bonchev–Trinajstić information content (AvgIpc) is 2.75. The van der Waals surface area contributed by atoms with E-state index in [0.29, 0.717) is 17.3 Å². The Kier molecular flexibility index (Phi) is 8.16. The number of nitrogens with zero attached hydrogens (tertiary/aromatic N) is 2. The number of morpholine rings is 1. The molecule has 0 radical (unpaired) electrons. The summed E-state index contributed by atoms with van der Waals surface area (Å²) < 4.78 is 31.5. The summed E-state index contributed by atoms with van der Waals surface area (Å²) in [6, 6.07) is 12.1. The van der Waals surface area contributed by atoms with Crippen LogP contribution in [0.15, 0.2) is 42.5 Å². The molecule has 9 heteroatoms. The SMILES string of the molecule is Cc1ccc(Cl)cc1N(C(C)C(=O)NCc1ccc(CN2CCOCC2)cc1)S(C)(=O)=O. The minimum absolute atomic E-state index is 0.313. The van der Waals surface area contributed by atoms with Crippen LogP contribution in [0.5, 0.6) is 0 Å². The van der Waals surface area contributed by atoms with Gasteiger partial charge in [0, 0.05) is 31.2 Å². The molecule has 1 atom stereocenters. The molecule has 7 nitrogen and oxygen atoms in total. The maximum atomic E-state index is 12.8. The first-order valence-corrected chi connectivity index (χ1v) is 12.8. The molecule has 1 aliphatic heterocycles. The van der Waals surface area contributed by atoms with Crippen molar-refractivity contribution >= 4 is 33.2 Å². The molecule has 2 aromatic rings. The highest BCUT2D eigenvalue weighted by atomic mass is 35.5. The molecule has 0 saturated carbocycles. The molecule has 174 valence electrons. The highest BCUT2D eigenvalue weighted by molar-refractivity contribution is 7.92. The maximum absolute atomic E-state index is 12.8. The fourth-order valence-corrected chi connectivity index (χ4v) is 5.11. The number of carbonyl (C=O) groups excluding carboxylic acids is 1. The van der Waals surface area contributed by atoms with Gasteiger partial charge in [-0.3, -0.25) is 14.0 Å². The summed E-state index contributed by atoms with van der Waals surface area (Å²) >= 11 is 6.08. The molecule has 1 saturated heterocycles. The van der Waals surface area contributed by atoms with Crippen LogP contribution in [-0.4, -0.2) is 57.8 Å². The fraction of sp³-hybridized carbons (Fsp3) is 0.435. The molecule has 32 heavy (non-hydrogen) atoms. The molecule has 1 aliphatic rings. The van der Waals surface area contributed by atoms with Crippen LogP contribution < -0.4 is 9.62 Å². The maximum Gasteiger partial charge on any atom is 0.243 e. The van der Waals surface area contributed by atoms with E-state index in [1.165, 1.54) is 5.56 Å². The summed E-state index contributed by atoms with van der Waals surface area (Å²) in [5.74, 6) is -0.382. The van der Waals surface area contributed by atoms with E-state index in [1.807, 2.05) is 12.1 Å². The molecule has 1 amide bonds. The van der Waals surface area contributed by atoms with Crippen LogP contribution in [0.3, 0.4) is 0 Å². The summed E-state index contributed by atoms with van der Waals surface area (Å²) in [6.07, 6.45) is 1.09. The van der Waals surface area contributed by atoms with Crippen LogP contribution in [-0.2, 0) is 32.6 Å². The predicted octanol–water partition coefficient (Wildman–Crippen LogP) is 2.95. The summed E-state index contributed by atoms with van der Waals surface area (Å²) in [6.45, 7) is 7.93. The number of benzene rings is 2. The van der Waals surface area contributed by atoms with Crippen LogP contribution in [0.1, 0.15) is 23.6 Å². The molecule has 2 aromatic carbocycles. The van der Waals surface area contributed by atoms with E-state index in [2.05, 4.69) is 22.3 Å². The molecule has 1 fully saturated rings. The number of hydrogen-bond donors (Lipinski definition) is 1. The first-order chi connectivity index (χ1) is 15.1. The number of ether oxygens (including phenoxy) is 1. The van der Waals surface area contributed by atoms with E-state index < -0.39 is 16.1 Å². The number of nitrogens with one attached hydrogen (secondary N) is 1. The Labute approximate surface area is 195 Å². The Bertz CT molecular complexity index is 1040. The van der Waals surface area contributed by atoms with Crippen LogP contribution in [0.2, 0.25) is 5.02 Å². The van der Waals surface area contributed by atoms with E-state index in [9.17, 15) is 13.2 Å². The van der Waals surface area contributed by atoms with Gasteiger partial charge in [-0.1, -0.05) is 41.9 Å². The van der Waals surface area contributed by atoms with Crippen LogP contribution >= 0.6 is 11.6 Å². The standard InChI is InChI=1S/C23H30ClN3O4S/c1-17-4-9-21(24)14-22(17)27(32(3,29)30)18(2)23(28)25-15-19-5-7-20(8-6-19)16-26-10-12-31-13-11-26/h4-9,14,18H,10-13,15-16H2,1-3H3,(H,25,28). The van der Waals surface area contributed by atoms with Gasteiger partial charge in [-0.2, -0.15) is 0 Å². The van der Waals surface area contributed by atoms with E-state index in [-0.39, 0.29) is 5.91 Å². The molecule has 0 aliphatic carbocycles. The van der Waals surface area contributed by atoms with Crippen molar-refractivity contribution in [2.75, 3.05) is 36.9 Å². The zero-order valence-corrected chi connectivity index (χ0v) is 20.2. The molecule has 1 heterocycles. The van der Waals surface area contributed by atoms with E-state index >= 15 is 0 Å². The smallest absolute Gasteiger partial charge is 0.243 e. The number of carbonyl (C=O) groups is 1. The van der Waals surface area contributed by atoms with Crippen LogP contribution in [0.4, 0.5) is 5.69 Å². The lowest BCUT2D eigenvalue weighted by atomic mass is 10.1. The summed E-state index contributed by atoms with van der Waals surface area (Å²) in [4.78, 5) is 15.2. The van der Waals surface area contributed by atoms with Gasteiger partial charge in [0.2, 0.25) is 15.9 Å². The second kappa shape index (κ2) is 10.7. The molecule has 0 spiro atoms. The van der Waals surface area contributed by atoms with Crippen molar-refractivity contribution in [3.63, 3.8) is 0 Å². The van der Waals surface area contributed by atoms with Gasteiger partial charge in [0.15, 0.2) is 0 Å². The first kappa shape index (κ1) is 24.5. The van der Waals surface area contributed by atoms with E-state index in [1.54, 1.807) is 32.0 Å². The van der Waals surface area contributed by atoms with Gasteiger partial charge in [0.05, 0.1) is 25.2 Å². The average molecular weight is 480 g/mol. The quantitative estimate of drug-likeness (QED) is 0.629. The molecular formula is C23H30ClN3O4S. The van der Waals surface area contributed by atoms with Crippen molar-refractivity contribution in [3.8, 4) is 0 Å². The van der Waals surface area contributed by atoms with Gasteiger partial charge in [0.1, 0.15) is 6.04 Å². The first-order valence-electron chi connectivity index (χ1n) is 10.6. The van der Waals surface area contributed by atoms with Crippen molar-refractivity contribution < 1.29 is 17.9 Å². The van der Waals surface area contributed by atoms with Crippen molar-refractivity contribution in [2.24, 2.45) is 0 Å². The monoisotopic (exact) mass is 479 g/mol. The minimum Gasteiger partial charge on any atom is -0.379 e. The van der Waals surface area contributed by atoms with Gasteiger partial charge in [-0.05, 0) is 42.7 Å². The van der Waals surface area contributed by atoms with Crippen LogP contribution in [0.25, 0.3) is 0 Å². The largest absolute Gasteiger partial charge is 0.379 e. The van der Waals surface area contributed by atoms with Crippen LogP contribution in [0, 0.1) is 6.92 Å². The van der Waals surface area contributed by atoms with Gasteiger partial charge in [-0.15, -0.1) is 0 Å². The van der Waals surface area contributed by atoms with E-state index in [0.717, 1.165) is 54.5 Å². The Morgan fingerprint density at radius 2 is 1.78 bits per heavy atom. The van der Waals surface area contributed by atoms with Crippen molar-refractivity contribution in [1.82, 2.24) is 10.2 Å². The highest BCUT2D eigenvalue weighted by Gasteiger charge is 2.30. The zero-order valence-electron chi connectivity index (χ0n) is 18.7. The topological polar surface area (TPSA) is 79.0 Å². The Morgan fingerprint density at radius 1 is 1.16 bits per heavy atom. The predicted molar refractivity (Wildman–Crippen MR) is 127 cm³/mol. The highest BCUT2D eigenvalue weighted by Crippen LogP contribution is 2.28. The normalized spacial score (nSPS) is 15.9. The zero-order chi connectivity index (χ0) is 23.3. The van der Waals surface area contributed by atoms with E-state index in [4.69, 9.17) is 16.3 Å². The van der Waals surface area contributed by atoms with Crippen molar-refractivity contribution in [2.45, 2.75) is 33.0 Å². The summed E-state index contributed by atoms with van der Waals surface area (Å²) in [7, 11) is -3.70. The summed E-state index contributed by atoms with van der Waals surface area (Å²) in [5.41, 5.74) is 3.27. The van der Waals surface area contributed by atoms with Crippen molar-refractivity contribution in [3.05, 3.63) is 64.2 Å². The number of anilines is 1. The molecule has 3 rings (SSSR count). The number of halogens is 1. The number of hydrogen-bond acceptors (Lipinski definition) is 5. The molecule has 0 bridgehead atoms. The van der Waals surface area contributed by atoms with Gasteiger partial charge in [0.25, 0.3) is 0 Å². The molecular weight excluding hydrogens is 450 g/mol.